The fraction of sp³-hybridized carbons (Fsp3) is 0.292. The third-order valence-electron chi connectivity index (χ3n) is 6.10. The SMILES string of the molecule is NC(=O)C(C1=NCCN(C(=O)NC2(c3ccc(F)cc3)CC(F)(F)C2)C1)=C(N)c1cccc(Cl)c1. The smallest absolute Gasteiger partial charge is 0.318 e. The topological polar surface area (TPSA) is 114 Å². The maximum Gasteiger partial charge on any atom is 0.318 e. The van der Waals surface area contributed by atoms with Crippen molar-refractivity contribution >= 4 is 34.9 Å². The van der Waals surface area contributed by atoms with E-state index in [4.69, 9.17) is 23.1 Å². The lowest BCUT2D eigenvalue weighted by Crippen LogP contribution is -2.62. The molecular weight excluding hydrogens is 483 g/mol. The number of halogens is 4. The normalized spacial score (nSPS) is 19.2. The molecule has 0 radical (unpaired) electrons. The van der Waals surface area contributed by atoms with E-state index in [0.29, 0.717) is 16.1 Å². The summed E-state index contributed by atoms with van der Waals surface area (Å²) in [5.74, 6) is -4.30. The molecule has 0 aromatic heterocycles. The van der Waals surface area contributed by atoms with Crippen LogP contribution in [0.15, 0.2) is 59.1 Å². The van der Waals surface area contributed by atoms with Crippen molar-refractivity contribution in [3.05, 3.63) is 76.1 Å². The van der Waals surface area contributed by atoms with Crippen LogP contribution in [0.25, 0.3) is 5.70 Å². The summed E-state index contributed by atoms with van der Waals surface area (Å²) in [6.07, 6.45) is -1.22. The van der Waals surface area contributed by atoms with Crippen LogP contribution in [0.5, 0.6) is 0 Å². The predicted octanol–water partition coefficient (Wildman–Crippen LogP) is 3.43. The van der Waals surface area contributed by atoms with Crippen LogP contribution in [-0.4, -0.2) is 48.1 Å². The summed E-state index contributed by atoms with van der Waals surface area (Å²) in [6.45, 7) is 0.234. The molecule has 0 atom stereocenters. The van der Waals surface area contributed by atoms with Crippen molar-refractivity contribution in [1.82, 2.24) is 10.2 Å². The van der Waals surface area contributed by atoms with Crippen LogP contribution in [0.2, 0.25) is 5.02 Å². The van der Waals surface area contributed by atoms with Crippen molar-refractivity contribution < 1.29 is 22.8 Å². The molecular formula is C24H23ClF3N5O2. The summed E-state index contributed by atoms with van der Waals surface area (Å²) in [5.41, 5.74) is 11.5. The Labute approximate surface area is 204 Å². The molecule has 7 nitrogen and oxygen atoms in total. The van der Waals surface area contributed by atoms with E-state index in [2.05, 4.69) is 10.3 Å². The standard InChI is InChI=1S/C24H23ClF3N5O2/c25-16-3-1-2-14(10-16)20(29)19(21(30)34)18-11-33(9-8-31-18)22(35)32-23(12-24(27,28)13-23)15-4-6-17(26)7-5-15/h1-7,10H,8-9,11-13,29H2,(H2,30,34)(H,32,35). The van der Waals surface area contributed by atoms with E-state index in [-0.39, 0.29) is 36.6 Å². The second-order valence-corrected chi connectivity index (χ2v) is 9.08. The number of hydrogen-bond acceptors (Lipinski definition) is 4. The van der Waals surface area contributed by atoms with Crippen LogP contribution >= 0.6 is 11.6 Å². The van der Waals surface area contributed by atoms with Gasteiger partial charge in [-0.1, -0.05) is 35.9 Å². The van der Waals surface area contributed by atoms with Gasteiger partial charge in [-0.25, -0.2) is 18.0 Å². The average Bonchev–Trinajstić information content (AvgIpc) is 2.78. The number of hydrogen-bond donors (Lipinski definition) is 3. The molecule has 0 unspecified atom stereocenters. The lowest BCUT2D eigenvalue weighted by molar-refractivity contribution is -0.134. The van der Waals surface area contributed by atoms with Gasteiger partial charge in [-0.15, -0.1) is 0 Å². The minimum atomic E-state index is -2.95. The Morgan fingerprint density at radius 2 is 1.77 bits per heavy atom. The number of carbonyl (C=O) groups is 2. The summed E-state index contributed by atoms with van der Waals surface area (Å²) in [4.78, 5) is 31.1. The van der Waals surface area contributed by atoms with Crippen molar-refractivity contribution in [1.29, 1.82) is 0 Å². The molecule has 2 aromatic carbocycles. The number of amides is 3. The highest BCUT2D eigenvalue weighted by Crippen LogP contribution is 2.51. The first-order valence-corrected chi connectivity index (χ1v) is 11.2. The van der Waals surface area contributed by atoms with E-state index in [0.717, 1.165) is 12.1 Å². The number of nitrogens with zero attached hydrogens (tertiary/aromatic N) is 2. The Hall–Kier alpha value is -3.53. The molecule has 2 aromatic rings. The molecule has 1 aliphatic carbocycles. The van der Waals surface area contributed by atoms with Gasteiger partial charge >= 0.3 is 6.03 Å². The van der Waals surface area contributed by atoms with Gasteiger partial charge in [-0.3, -0.25) is 9.79 Å². The highest BCUT2D eigenvalue weighted by atomic mass is 35.5. The van der Waals surface area contributed by atoms with Crippen LogP contribution in [0.3, 0.4) is 0 Å². The molecule has 1 aliphatic heterocycles. The zero-order chi connectivity index (χ0) is 25.4. The number of aliphatic imine (C=N–C) groups is 1. The predicted molar refractivity (Wildman–Crippen MR) is 126 cm³/mol. The van der Waals surface area contributed by atoms with E-state index >= 15 is 0 Å². The van der Waals surface area contributed by atoms with Gasteiger partial charge in [0.05, 0.1) is 35.6 Å². The average molecular weight is 506 g/mol. The fourth-order valence-corrected chi connectivity index (χ4v) is 4.62. The number of primary amides is 1. The molecule has 1 saturated carbocycles. The van der Waals surface area contributed by atoms with Crippen molar-refractivity contribution in [3.63, 3.8) is 0 Å². The number of nitrogens with one attached hydrogen (secondary N) is 1. The largest absolute Gasteiger partial charge is 0.398 e. The van der Waals surface area contributed by atoms with Gasteiger partial charge in [-0.2, -0.15) is 0 Å². The molecule has 35 heavy (non-hydrogen) atoms. The van der Waals surface area contributed by atoms with Crippen LogP contribution in [0.4, 0.5) is 18.0 Å². The Morgan fingerprint density at radius 3 is 2.37 bits per heavy atom. The minimum absolute atomic E-state index is 0.0480. The van der Waals surface area contributed by atoms with E-state index < -0.39 is 42.1 Å². The molecule has 2 aliphatic rings. The van der Waals surface area contributed by atoms with Gasteiger partial charge in [0, 0.05) is 24.4 Å². The maximum atomic E-state index is 13.9. The van der Waals surface area contributed by atoms with E-state index in [9.17, 15) is 22.8 Å². The number of rotatable bonds is 5. The van der Waals surface area contributed by atoms with Crippen molar-refractivity contribution in [2.24, 2.45) is 16.5 Å². The van der Waals surface area contributed by atoms with Crippen LogP contribution in [-0.2, 0) is 10.3 Å². The quantitative estimate of drug-likeness (QED) is 0.541. The first kappa shape index (κ1) is 24.6. The minimum Gasteiger partial charge on any atom is -0.398 e. The Morgan fingerprint density at radius 1 is 1.09 bits per heavy atom. The molecule has 184 valence electrons. The first-order chi connectivity index (χ1) is 16.5. The summed E-state index contributed by atoms with van der Waals surface area (Å²) in [6, 6.07) is 11.0. The van der Waals surface area contributed by atoms with Gasteiger partial charge < -0.3 is 21.7 Å². The molecule has 4 rings (SSSR count). The molecule has 0 spiro atoms. The number of carbonyl (C=O) groups excluding carboxylic acids is 2. The van der Waals surface area contributed by atoms with Crippen molar-refractivity contribution in [2.45, 2.75) is 24.3 Å². The van der Waals surface area contributed by atoms with Crippen LogP contribution in [0, 0.1) is 5.82 Å². The second kappa shape index (κ2) is 9.26. The number of benzene rings is 2. The molecule has 1 heterocycles. The fourth-order valence-electron chi connectivity index (χ4n) is 4.43. The summed E-state index contributed by atoms with van der Waals surface area (Å²) in [7, 11) is 0. The summed E-state index contributed by atoms with van der Waals surface area (Å²) in [5, 5.41) is 3.10. The van der Waals surface area contributed by atoms with Crippen LogP contribution in [0.1, 0.15) is 24.0 Å². The van der Waals surface area contributed by atoms with Gasteiger partial charge in [-0.05, 0) is 35.4 Å². The van der Waals surface area contributed by atoms with Gasteiger partial charge in [0.1, 0.15) is 5.82 Å². The highest BCUT2D eigenvalue weighted by Gasteiger charge is 2.58. The summed E-state index contributed by atoms with van der Waals surface area (Å²) < 4.78 is 41.2. The lowest BCUT2D eigenvalue weighted by atomic mass is 9.69. The zero-order valence-electron chi connectivity index (χ0n) is 18.5. The van der Waals surface area contributed by atoms with Crippen LogP contribution < -0.4 is 16.8 Å². The maximum absolute atomic E-state index is 13.9. The molecule has 11 heteroatoms. The lowest BCUT2D eigenvalue weighted by Gasteiger charge is -2.48. The third-order valence-corrected chi connectivity index (χ3v) is 6.34. The van der Waals surface area contributed by atoms with E-state index in [1.807, 2.05) is 0 Å². The third kappa shape index (κ3) is 5.12. The van der Waals surface area contributed by atoms with Crippen molar-refractivity contribution in [2.75, 3.05) is 19.6 Å². The molecule has 1 fully saturated rings. The van der Waals surface area contributed by atoms with Crippen molar-refractivity contribution in [3.8, 4) is 0 Å². The van der Waals surface area contributed by atoms with E-state index in [1.54, 1.807) is 24.3 Å². The highest BCUT2D eigenvalue weighted by molar-refractivity contribution is 6.31. The Kier molecular flexibility index (Phi) is 6.50. The first-order valence-electron chi connectivity index (χ1n) is 10.8. The Bertz CT molecular complexity index is 1220. The van der Waals surface area contributed by atoms with Gasteiger partial charge in [0.15, 0.2) is 0 Å². The molecule has 5 N–H and O–H groups in total. The zero-order valence-corrected chi connectivity index (χ0v) is 19.3. The number of nitrogens with two attached hydrogens (primary N) is 2. The van der Waals surface area contributed by atoms with Gasteiger partial charge in [0.2, 0.25) is 0 Å². The molecule has 0 saturated heterocycles. The monoisotopic (exact) mass is 505 g/mol. The number of urea groups is 1. The Balaban J connectivity index is 1.57. The summed E-state index contributed by atoms with van der Waals surface area (Å²) >= 11 is 6.02. The molecule has 0 bridgehead atoms. The second-order valence-electron chi connectivity index (χ2n) is 8.64. The van der Waals surface area contributed by atoms with Gasteiger partial charge in [0.25, 0.3) is 11.8 Å². The number of alkyl halides is 2. The van der Waals surface area contributed by atoms with E-state index in [1.165, 1.54) is 17.0 Å². The molecule has 3 amide bonds.